The summed E-state index contributed by atoms with van der Waals surface area (Å²) >= 11 is 0. The fourth-order valence-corrected chi connectivity index (χ4v) is 1.18. The highest BCUT2D eigenvalue weighted by atomic mass is 16.5. The van der Waals surface area contributed by atoms with Crippen molar-refractivity contribution in [2.75, 3.05) is 33.9 Å². The summed E-state index contributed by atoms with van der Waals surface area (Å²) in [5.41, 5.74) is 0.896. The van der Waals surface area contributed by atoms with Crippen LogP contribution in [-0.2, 0) is 4.74 Å². The smallest absolute Gasteiger partial charge is 0.213 e. The van der Waals surface area contributed by atoms with Crippen molar-refractivity contribution < 1.29 is 9.47 Å². The Balaban J connectivity index is 2.32. The van der Waals surface area contributed by atoms with Gasteiger partial charge in [0.05, 0.1) is 19.4 Å². The Hall–Kier alpha value is -1.39. The summed E-state index contributed by atoms with van der Waals surface area (Å²) in [6, 6.07) is 5.69. The zero-order valence-corrected chi connectivity index (χ0v) is 9.77. The lowest BCUT2D eigenvalue weighted by molar-refractivity contribution is 0.200. The molecule has 0 spiro atoms. The maximum absolute atomic E-state index is 5.04. The van der Waals surface area contributed by atoms with Gasteiger partial charge >= 0.3 is 0 Å². The number of nitrogens with zero attached hydrogens (tertiary/aromatic N) is 1. The molecule has 0 unspecified atom stereocenters. The highest BCUT2D eigenvalue weighted by Crippen LogP contribution is 2.07. The zero-order chi connectivity index (χ0) is 11.6. The van der Waals surface area contributed by atoms with Crippen molar-refractivity contribution in [1.29, 1.82) is 0 Å². The molecule has 0 aliphatic carbocycles. The highest BCUT2D eigenvalue weighted by Gasteiger charge is 1.92. The molecule has 0 saturated carbocycles. The summed E-state index contributed by atoms with van der Waals surface area (Å²) in [5.74, 6) is 0.634. The van der Waals surface area contributed by atoms with Crippen molar-refractivity contribution in [1.82, 2.24) is 10.3 Å². The van der Waals surface area contributed by atoms with Gasteiger partial charge in [-0.3, -0.25) is 0 Å². The van der Waals surface area contributed by atoms with Crippen molar-refractivity contribution in [2.45, 2.75) is 0 Å². The molecule has 0 radical (unpaired) electrons. The maximum atomic E-state index is 5.04. The van der Waals surface area contributed by atoms with E-state index >= 15 is 0 Å². The Morgan fingerprint density at radius 3 is 3.00 bits per heavy atom. The molecule has 0 fully saturated rings. The van der Waals surface area contributed by atoms with E-state index in [1.165, 1.54) is 0 Å². The van der Waals surface area contributed by atoms with Crippen LogP contribution in [0.5, 0.6) is 5.88 Å². The molecule has 1 heterocycles. The fourth-order valence-electron chi connectivity index (χ4n) is 1.18. The van der Waals surface area contributed by atoms with Gasteiger partial charge in [-0.25, -0.2) is 4.98 Å². The Labute approximate surface area is 96.3 Å². The lowest BCUT2D eigenvalue weighted by Crippen LogP contribution is -2.18. The van der Waals surface area contributed by atoms with Gasteiger partial charge in [0.1, 0.15) is 0 Å². The third-order valence-electron chi connectivity index (χ3n) is 1.99. The average Bonchev–Trinajstić information content (AvgIpc) is 2.34. The Bertz CT molecular complexity index is 327. The Kier molecular flexibility index (Phi) is 6.22. The third-order valence-corrected chi connectivity index (χ3v) is 1.99. The molecule has 0 saturated heterocycles. The largest absolute Gasteiger partial charge is 0.481 e. The topological polar surface area (TPSA) is 43.4 Å². The Morgan fingerprint density at radius 2 is 2.25 bits per heavy atom. The minimum absolute atomic E-state index is 0.634. The van der Waals surface area contributed by atoms with Crippen LogP contribution in [0.15, 0.2) is 24.3 Å². The number of hydrogen-bond acceptors (Lipinski definition) is 4. The first-order valence-corrected chi connectivity index (χ1v) is 5.24. The van der Waals surface area contributed by atoms with E-state index in [0.29, 0.717) is 5.88 Å². The summed E-state index contributed by atoms with van der Waals surface area (Å²) in [5, 5.41) is 3.21. The number of nitrogens with one attached hydrogen (secondary N) is 1. The molecule has 0 aliphatic heterocycles. The van der Waals surface area contributed by atoms with Crippen molar-refractivity contribution in [3.8, 4) is 5.88 Å². The molecule has 1 N–H and O–H groups in total. The molecule has 1 aromatic heterocycles. The molecule has 4 heteroatoms. The first kappa shape index (κ1) is 12.7. The quantitative estimate of drug-likeness (QED) is 0.707. The lowest BCUT2D eigenvalue weighted by atomic mass is 10.3. The van der Waals surface area contributed by atoms with Gasteiger partial charge < -0.3 is 14.8 Å². The van der Waals surface area contributed by atoms with E-state index < -0.39 is 0 Å². The van der Waals surface area contributed by atoms with Gasteiger partial charge in [-0.2, -0.15) is 0 Å². The number of methoxy groups -OCH3 is 2. The summed E-state index contributed by atoms with van der Waals surface area (Å²) in [6.45, 7) is 2.39. The maximum Gasteiger partial charge on any atom is 0.213 e. The van der Waals surface area contributed by atoms with Crippen LogP contribution in [0.3, 0.4) is 0 Å². The van der Waals surface area contributed by atoms with Gasteiger partial charge in [-0.05, 0) is 12.1 Å². The molecule has 0 aliphatic rings. The second kappa shape index (κ2) is 7.84. The van der Waals surface area contributed by atoms with Gasteiger partial charge in [0.2, 0.25) is 5.88 Å². The van der Waals surface area contributed by atoms with E-state index in [1.54, 1.807) is 14.2 Å². The van der Waals surface area contributed by atoms with E-state index in [-0.39, 0.29) is 0 Å². The van der Waals surface area contributed by atoms with Crippen LogP contribution in [0.1, 0.15) is 5.69 Å². The molecular formula is C12H18N2O2. The predicted octanol–water partition coefficient (Wildman–Crippen LogP) is 1.34. The van der Waals surface area contributed by atoms with E-state index in [4.69, 9.17) is 9.47 Å². The van der Waals surface area contributed by atoms with Crippen molar-refractivity contribution >= 4 is 6.08 Å². The van der Waals surface area contributed by atoms with Gasteiger partial charge in [0.25, 0.3) is 0 Å². The average molecular weight is 222 g/mol. The third kappa shape index (κ3) is 4.91. The van der Waals surface area contributed by atoms with Crippen molar-refractivity contribution in [3.05, 3.63) is 30.0 Å². The van der Waals surface area contributed by atoms with Crippen LogP contribution in [-0.4, -0.2) is 38.9 Å². The summed E-state index contributed by atoms with van der Waals surface area (Å²) in [4.78, 5) is 4.26. The molecule has 1 rings (SSSR count). The minimum atomic E-state index is 0.634. The second-order valence-corrected chi connectivity index (χ2v) is 3.20. The van der Waals surface area contributed by atoms with Crippen LogP contribution >= 0.6 is 0 Å². The second-order valence-electron chi connectivity index (χ2n) is 3.20. The number of aromatic nitrogens is 1. The van der Waals surface area contributed by atoms with Gasteiger partial charge in [-0.1, -0.05) is 12.1 Å². The van der Waals surface area contributed by atoms with Crippen molar-refractivity contribution in [2.24, 2.45) is 0 Å². The summed E-state index contributed by atoms with van der Waals surface area (Å²) < 4.78 is 9.96. The Morgan fingerprint density at radius 1 is 1.38 bits per heavy atom. The monoisotopic (exact) mass is 222 g/mol. The summed E-state index contributed by atoms with van der Waals surface area (Å²) in [7, 11) is 3.31. The molecule has 0 bridgehead atoms. The van der Waals surface area contributed by atoms with Crippen molar-refractivity contribution in [3.63, 3.8) is 0 Å². The number of ether oxygens (including phenoxy) is 2. The number of hydrogen-bond donors (Lipinski definition) is 1. The SMILES string of the molecule is COCCNC/C=C/c1cccc(OC)n1. The first-order valence-electron chi connectivity index (χ1n) is 5.24. The van der Waals surface area contributed by atoms with Crippen LogP contribution in [0.4, 0.5) is 0 Å². The van der Waals surface area contributed by atoms with Gasteiger partial charge in [-0.15, -0.1) is 0 Å². The van der Waals surface area contributed by atoms with E-state index in [9.17, 15) is 0 Å². The zero-order valence-electron chi connectivity index (χ0n) is 9.77. The molecule has 4 nitrogen and oxygen atoms in total. The van der Waals surface area contributed by atoms with Crippen LogP contribution in [0, 0.1) is 0 Å². The van der Waals surface area contributed by atoms with Crippen LogP contribution < -0.4 is 10.1 Å². The minimum Gasteiger partial charge on any atom is -0.481 e. The van der Waals surface area contributed by atoms with E-state index in [2.05, 4.69) is 10.3 Å². The fraction of sp³-hybridized carbons (Fsp3) is 0.417. The van der Waals surface area contributed by atoms with E-state index in [1.807, 2.05) is 30.4 Å². The van der Waals surface area contributed by atoms with Crippen LogP contribution in [0.25, 0.3) is 6.08 Å². The molecule has 1 aromatic rings. The van der Waals surface area contributed by atoms with Gasteiger partial charge in [0, 0.05) is 26.3 Å². The molecule has 0 amide bonds. The first-order chi connectivity index (χ1) is 7.86. The molecule has 0 atom stereocenters. The molecule has 0 aromatic carbocycles. The van der Waals surface area contributed by atoms with E-state index in [0.717, 1.165) is 25.4 Å². The normalized spacial score (nSPS) is 10.9. The lowest BCUT2D eigenvalue weighted by Gasteiger charge is -2.00. The molecular weight excluding hydrogens is 204 g/mol. The molecule has 16 heavy (non-hydrogen) atoms. The highest BCUT2D eigenvalue weighted by molar-refractivity contribution is 5.45. The van der Waals surface area contributed by atoms with Crippen LogP contribution in [0.2, 0.25) is 0 Å². The predicted molar refractivity (Wildman–Crippen MR) is 64.6 cm³/mol. The van der Waals surface area contributed by atoms with Gasteiger partial charge in [0.15, 0.2) is 0 Å². The number of rotatable bonds is 7. The molecule has 88 valence electrons. The standard InChI is InChI=1S/C12H18N2O2/c1-15-10-9-13-8-4-6-11-5-3-7-12(14-11)16-2/h3-7,13H,8-10H2,1-2H3/b6-4+. The summed E-state index contributed by atoms with van der Waals surface area (Å²) in [6.07, 6.45) is 3.99. The number of pyridine rings is 1.